The summed E-state index contributed by atoms with van der Waals surface area (Å²) in [6.45, 7) is 8.31. The first kappa shape index (κ1) is 22.6. The van der Waals surface area contributed by atoms with Crippen molar-refractivity contribution in [2.24, 2.45) is 0 Å². The van der Waals surface area contributed by atoms with E-state index in [2.05, 4.69) is 52.9 Å². The molecule has 2 aliphatic heterocycles. The number of thiazole rings is 1. The first-order chi connectivity index (χ1) is 15.1. The minimum Gasteiger partial charge on any atom is -0.467 e. The standard InChI is InChI=1S/C24H33N3O2S2/c1-18(2)31-22-5-3-19(4-6-22)17-23(28)27-12-7-20(8-13-27)26-14-9-21(10-15-26)29-24-25-11-16-30-24/h3-6,11,16,18,20-21H,7-10,12-15,17H2,1-2H3. The Bertz CT molecular complexity index is 810. The van der Waals surface area contributed by atoms with E-state index in [1.54, 1.807) is 17.5 Å². The number of ether oxygens (including phenoxy) is 1. The number of amides is 1. The van der Waals surface area contributed by atoms with Gasteiger partial charge in [-0.15, -0.1) is 11.8 Å². The summed E-state index contributed by atoms with van der Waals surface area (Å²) >= 11 is 3.42. The summed E-state index contributed by atoms with van der Waals surface area (Å²) in [5.74, 6) is 0.262. The minimum atomic E-state index is 0.262. The van der Waals surface area contributed by atoms with E-state index in [4.69, 9.17) is 4.74 Å². The highest BCUT2D eigenvalue weighted by Gasteiger charge is 2.30. The zero-order valence-corrected chi connectivity index (χ0v) is 20.2. The first-order valence-electron chi connectivity index (χ1n) is 11.4. The molecule has 2 fully saturated rings. The molecule has 0 atom stereocenters. The summed E-state index contributed by atoms with van der Waals surface area (Å²) in [7, 11) is 0. The highest BCUT2D eigenvalue weighted by atomic mass is 32.2. The molecule has 0 unspecified atom stereocenters. The van der Waals surface area contributed by atoms with Gasteiger partial charge in [0.2, 0.25) is 5.91 Å². The van der Waals surface area contributed by atoms with Crippen LogP contribution in [0.15, 0.2) is 40.7 Å². The molecule has 0 spiro atoms. The highest BCUT2D eigenvalue weighted by molar-refractivity contribution is 7.99. The van der Waals surface area contributed by atoms with Crippen LogP contribution >= 0.6 is 23.1 Å². The van der Waals surface area contributed by atoms with E-state index in [-0.39, 0.29) is 12.0 Å². The van der Waals surface area contributed by atoms with Gasteiger partial charge in [0.15, 0.2) is 0 Å². The van der Waals surface area contributed by atoms with Crippen molar-refractivity contribution in [2.75, 3.05) is 26.2 Å². The number of likely N-dealkylation sites (tertiary alicyclic amines) is 2. The van der Waals surface area contributed by atoms with Gasteiger partial charge < -0.3 is 9.64 Å². The molecular formula is C24H33N3O2S2. The lowest BCUT2D eigenvalue weighted by Gasteiger charge is -2.41. The monoisotopic (exact) mass is 459 g/mol. The van der Waals surface area contributed by atoms with Crippen molar-refractivity contribution >= 4 is 29.0 Å². The van der Waals surface area contributed by atoms with Crippen LogP contribution in [0.1, 0.15) is 45.1 Å². The maximum atomic E-state index is 12.8. The zero-order chi connectivity index (χ0) is 21.6. The molecule has 0 bridgehead atoms. The number of hydrogen-bond acceptors (Lipinski definition) is 6. The Kier molecular flexibility index (Phi) is 7.91. The van der Waals surface area contributed by atoms with Crippen LogP contribution in [0.25, 0.3) is 0 Å². The Morgan fingerprint density at radius 2 is 1.84 bits per heavy atom. The maximum Gasteiger partial charge on any atom is 0.273 e. The SMILES string of the molecule is CC(C)Sc1ccc(CC(=O)N2CCC(N3CCC(Oc4nccs4)CC3)CC2)cc1. The Morgan fingerprint density at radius 1 is 1.13 bits per heavy atom. The van der Waals surface area contributed by atoms with Gasteiger partial charge in [-0.2, -0.15) is 0 Å². The molecule has 168 valence electrons. The van der Waals surface area contributed by atoms with Gasteiger partial charge in [-0.05, 0) is 43.4 Å². The normalized spacial score (nSPS) is 19.1. The number of thioether (sulfide) groups is 1. The van der Waals surface area contributed by atoms with Gasteiger partial charge in [0.1, 0.15) is 6.10 Å². The Balaban J connectivity index is 1.18. The minimum absolute atomic E-state index is 0.262. The van der Waals surface area contributed by atoms with Crippen molar-refractivity contribution < 1.29 is 9.53 Å². The molecule has 1 aromatic heterocycles. The van der Waals surface area contributed by atoms with Crippen LogP contribution in [-0.4, -0.2) is 64.3 Å². The van der Waals surface area contributed by atoms with Gasteiger partial charge >= 0.3 is 0 Å². The largest absolute Gasteiger partial charge is 0.467 e. The fourth-order valence-corrected chi connectivity index (χ4v) is 5.88. The fraction of sp³-hybridized carbons (Fsp3) is 0.583. The Morgan fingerprint density at radius 3 is 2.45 bits per heavy atom. The Labute approximate surface area is 194 Å². The second kappa shape index (κ2) is 10.8. The number of benzene rings is 1. The number of rotatable bonds is 7. The molecule has 31 heavy (non-hydrogen) atoms. The van der Waals surface area contributed by atoms with Gasteiger partial charge in [-0.25, -0.2) is 4.98 Å². The van der Waals surface area contributed by atoms with Gasteiger partial charge in [0, 0.05) is 53.9 Å². The maximum absolute atomic E-state index is 12.8. The van der Waals surface area contributed by atoms with Crippen LogP contribution in [0.3, 0.4) is 0 Å². The molecule has 2 saturated heterocycles. The van der Waals surface area contributed by atoms with Gasteiger partial charge in [0.25, 0.3) is 5.19 Å². The number of piperidine rings is 2. The number of carbonyl (C=O) groups is 1. The first-order valence-corrected chi connectivity index (χ1v) is 13.2. The molecule has 2 aromatic rings. The van der Waals surface area contributed by atoms with Crippen LogP contribution in [0.2, 0.25) is 0 Å². The third-order valence-corrected chi connectivity index (χ3v) is 7.81. The molecule has 2 aliphatic rings. The van der Waals surface area contributed by atoms with Crippen molar-refractivity contribution in [3.8, 4) is 5.19 Å². The van der Waals surface area contributed by atoms with Crippen LogP contribution in [0.5, 0.6) is 5.19 Å². The van der Waals surface area contributed by atoms with E-state index in [0.29, 0.717) is 17.7 Å². The molecule has 0 radical (unpaired) electrons. The van der Waals surface area contributed by atoms with E-state index in [1.165, 1.54) is 4.90 Å². The summed E-state index contributed by atoms with van der Waals surface area (Å²) in [6, 6.07) is 9.08. The molecule has 0 saturated carbocycles. The molecule has 4 rings (SSSR count). The number of hydrogen-bond donors (Lipinski definition) is 0. The quantitative estimate of drug-likeness (QED) is 0.561. The summed E-state index contributed by atoms with van der Waals surface area (Å²) in [4.78, 5) is 23.0. The highest BCUT2D eigenvalue weighted by Crippen LogP contribution is 2.26. The molecule has 3 heterocycles. The smallest absolute Gasteiger partial charge is 0.273 e. The van der Waals surface area contributed by atoms with Gasteiger partial charge in [-0.3, -0.25) is 9.69 Å². The Hall–Kier alpha value is -1.57. The summed E-state index contributed by atoms with van der Waals surface area (Å²) < 4.78 is 5.99. The van der Waals surface area contributed by atoms with E-state index < -0.39 is 0 Å². The zero-order valence-electron chi connectivity index (χ0n) is 18.5. The van der Waals surface area contributed by atoms with Crippen LogP contribution < -0.4 is 4.74 Å². The summed E-state index contributed by atoms with van der Waals surface area (Å²) in [6.07, 6.45) is 6.87. The van der Waals surface area contributed by atoms with E-state index in [0.717, 1.165) is 62.6 Å². The van der Waals surface area contributed by atoms with Gasteiger partial charge in [0.05, 0.1) is 6.42 Å². The molecular weight excluding hydrogens is 426 g/mol. The van der Waals surface area contributed by atoms with Crippen LogP contribution in [0, 0.1) is 0 Å². The second-order valence-corrected chi connectivity index (χ2v) is 11.3. The molecule has 1 amide bonds. The fourth-order valence-electron chi connectivity index (χ4n) is 4.49. The van der Waals surface area contributed by atoms with Crippen molar-refractivity contribution in [1.29, 1.82) is 0 Å². The van der Waals surface area contributed by atoms with Crippen molar-refractivity contribution in [2.45, 2.75) is 68.2 Å². The van der Waals surface area contributed by atoms with Crippen LogP contribution in [-0.2, 0) is 11.2 Å². The molecule has 0 aliphatic carbocycles. The number of carbonyl (C=O) groups excluding carboxylic acids is 1. The lowest BCUT2D eigenvalue weighted by molar-refractivity contribution is -0.132. The van der Waals surface area contributed by atoms with E-state index in [9.17, 15) is 4.79 Å². The lowest BCUT2D eigenvalue weighted by atomic mass is 9.98. The average molecular weight is 460 g/mol. The topological polar surface area (TPSA) is 45.7 Å². The molecule has 7 heteroatoms. The summed E-state index contributed by atoms with van der Waals surface area (Å²) in [5, 5.41) is 3.32. The molecule has 0 N–H and O–H groups in total. The third kappa shape index (κ3) is 6.46. The predicted molar refractivity (Wildman–Crippen MR) is 128 cm³/mol. The van der Waals surface area contributed by atoms with Crippen molar-refractivity contribution in [3.63, 3.8) is 0 Å². The molecule has 5 nitrogen and oxygen atoms in total. The second-order valence-electron chi connectivity index (χ2n) is 8.75. The van der Waals surface area contributed by atoms with E-state index >= 15 is 0 Å². The number of aromatic nitrogens is 1. The lowest BCUT2D eigenvalue weighted by Crippen LogP contribution is -2.50. The van der Waals surface area contributed by atoms with Crippen molar-refractivity contribution in [1.82, 2.24) is 14.8 Å². The molecule has 1 aromatic carbocycles. The number of nitrogens with zero attached hydrogens (tertiary/aromatic N) is 3. The third-order valence-electron chi connectivity index (χ3n) is 6.14. The van der Waals surface area contributed by atoms with Crippen LogP contribution in [0.4, 0.5) is 0 Å². The van der Waals surface area contributed by atoms with E-state index in [1.807, 2.05) is 17.1 Å². The van der Waals surface area contributed by atoms with Crippen molar-refractivity contribution in [3.05, 3.63) is 41.4 Å². The average Bonchev–Trinajstić information content (AvgIpc) is 3.28. The van der Waals surface area contributed by atoms with Gasteiger partial charge in [-0.1, -0.05) is 37.3 Å². The summed E-state index contributed by atoms with van der Waals surface area (Å²) in [5.41, 5.74) is 1.11. The predicted octanol–water partition coefficient (Wildman–Crippen LogP) is 4.72.